The molecule has 0 bridgehead atoms. The van der Waals surface area contributed by atoms with E-state index in [2.05, 4.69) is 15.1 Å². The summed E-state index contributed by atoms with van der Waals surface area (Å²) in [5.41, 5.74) is 1.72. The van der Waals surface area contributed by atoms with Crippen LogP contribution in [0.25, 0.3) is 0 Å². The summed E-state index contributed by atoms with van der Waals surface area (Å²) >= 11 is 1.25. The van der Waals surface area contributed by atoms with Gasteiger partial charge < -0.3 is 5.32 Å². The van der Waals surface area contributed by atoms with Crippen LogP contribution in [0.2, 0.25) is 0 Å². The van der Waals surface area contributed by atoms with Gasteiger partial charge in [0.2, 0.25) is 10.0 Å². The van der Waals surface area contributed by atoms with E-state index in [1.54, 1.807) is 30.1 Å². The minimum Gasteiger partial charge on any atom is -0.310 e. The second-order valence-corrected chi connectivity index (χ2v) is 8.14. The highest BCUT2D eigenvalue weighted by atomic mass is 32.2. The number of nitrogens with one attached hydrogen (secondary N) is 2. The van der Waals surface area contributed by atoms with Crippen molar-refractivity contribution in [3.05, 3.63) is 35.0 Å². The van der Waals surface area contributed by atoms with E-state index < -0.39 is 10.0 Å². The minimum absolute atomic E-state index is 0.205. The number of thiophene rings is 1. The van der Waals surface area contributed by atoms with Crippen LogP contribution in [0.15, 0.2) is 27.9 Å². The molecule has 21 heavy (non-hydrogen) atoms. The quantitative estimate of drug-likeness (QED) is 0.802. The Hall–Kier alpha value is -1.22. The molecule has 0 aromatic carbocycles. The maximum atomic E-state index is 12.2. The monoisotopic (exact) mass is 326 g/mol. The van der Waals surface area contributed by atoms with Gasteiger partial charge >= 0.3 is 0 Å². The molecule has 2 aromatic rings. The third kappa shape index (κ3) is 3.91. The highest BCUT2D eigenvalue weighted by molar-refractivity contribution is 7.91. The molecule has 2 N–H and O–H groups in total. The fraction of sp³-hybridized carbons (Fsp3) is 0.462. The zero-order chi connectivity index (χ0) is 14.9. The van der Waals surface area contributed by atoms with E-state index in [0.29, 0.717) is 15.9 Å². The van der Waals surface area contributed by atoms with Crippen molar-refractivity contribution in [3.8, 4) is 0 Å². The number of hydrogen-bond acceptors (Lipinski definition) is 5. The van der Waals surface area contributed by atoms with E-state index in [4.69, 9.17) is 0 Å². The van der Waals surface area contributed by atoms with Crippen molar-refractivity contribution in [3.63, 3.8) is 0 Å². The van der Waals surface area contributed by atoms with E-state index >= 15 is 0 Å². The molecule has 3 rings (SSSR count). The maximum absolute atomic E-state index is 12.2. The summed E-state index contributed by atoms with van der Waals surface area (Å²) in [6, 6.07) is 4.15. The third-order valence-electron chi connectivity index (χ3n) is 3.28. The molecular weight excluding hydrogens is 308 g/mol. The molecule has 0 saturated heterocycles. The predicted octanol–water partition coefficient (Wildman–Crippen LogP) is 1.21. The lowest BCUT2D eigenvalue weighted by atomic mass is 10.3. The van der Waals surface area contributed by atoms with Crippen molar-refractivity contribution in [1.82, 2.24) is 19.8 Å². The van der Waals surface area contributed by atoms with Gasteiger partial charge in [-0.05, 0) is 35.9 Å². The van der Waals surface area contributed by atoms with Gasteiger partial charge in [0, 0.05) is 25.8 Å². The van der Waals surface area contributed by atoms with Crippen LogP contribution in [0.4, 0.5) is 0 Å². The van der Waals surface area contributed by atoms with Crippen LogP contribution in [0.3, 0.4) is 0 Å². The summed E-state index contributed by atoms with van der Waals surface area (Å²) in [6.07, 6.45) is 4.23. The molecule has 1 fully saturated rings. The molecule has 6 nitrogen and oxygen atoms in total. The lowest BCUT2D eigenvalue weighted by Gasteiger charge is -2.02. The molecule has 8 heteroatoms. The Kier molecular flexibility index (Phi) is 4.12. The number of rotatable bonds is 7. The van der Waals surface area contributed by atoms with E-state index in [0.717, 1.165) is 12.1 Å². The molecule has 1 aliphatic rings. The molecule has 2 heterocycles. The van der Waals surface area contributed by atoms with Crippen LogP contribution in [0, 0.1) is 0 Å². The van der Waals surface area contributed by atoms with Gasteiger partial charge in [-0.3, -0.25) is 4.68 Å². The van der Waals surface area contributed by atoms with Crippen molar-refractivity contribution < 1.29 is 8.42 Å². The molecular formula is C13H18N4O2S2. The van der Waals surface area contributed by atoms with Crippen LogP contribution in [-0.4, -0.2) is 24.2 Å². The van der Waals surface area contributed by atoms with E-state index in [1.807, 2.05) is 5.38 Å². The van der Waals surface area contributed by atoms with E-state index in [9.17, 15) is 8.42 Å². The first kappa shape index (κ1) is 14.7. The Bertz CT molecular complexity index is 716. The van der Waals surface area contributed by atoms with Gasteiger partial charge in [0.15, 0.2) is 0 Å². The van der Waals surface area contributed by atoms with Crippen molar-refractivity contribution in [2.45, 2.75) is 36.2 Å². The molecule has 0 spiro atoms. The van der Waals surface area contributed by atoms with Gasteiger partial charge in [-0.2, -0.15) is 5.10 Å². The summed E-state index contributed by atoms with van der Waals surface area (Å²) in [5, 5.41) is 9.42. The van der Waals surface area contributed by atoms with Crippen molar-refractivity contribution in [2.75, 3.05) is 0 Å². The minimum atomic E-state index is -3.46. The molecule has 2 aromatic heterocycles. The molecule has 1 saturated carbocycles. The van der Waals surface area contributed by atoms with Crippen molar-refractivity contribution in [2.24, 2.45) is 7.05 Å². The summed E-state index contributed by atoms with van der Waals surface area (Å²) in [4.78, 5) is 0. The van der Waals surface area contributed by atoms with E-state index in [-0.39, 0.29) is 6.54 Å². The first-order valence-corrected chi connectivity index (χ1v) is 9.18. The summed E-state index contributed by atoms with van der Waals surface area (Å²) in [7, 11) is -1.66. The fourth-order valence-corrected chi connectivity index (χ4v) is 4.19. The van der Waals surface area contributed by atoms with Gasteiger partial charge in [0.1, 0.15) is 4.21 Å². The van der Waals surface area contributed by atoms with Gasteiger partial charge in [0.25, 0.3) is 0 Å². The summed E-state index contributed by atoms with van der Waals surface area (Å²) in [6.45, 7) is 0.938. The average molecular weight is 326 g/mol. The first-order chi connectivity index (χ1) is 10.0. The standard InChI is InChI=1S/C13H18N4O2S2/c1-17-5-4-12(16-17)8-15-21(18,19)13-6-10(9-20-13)7-14-11-2-3-11/h4-6,9,11,14-15H,2-3,7-8H2,1H3. The Morgan fingerprint density at radius 1 is 1.43 bits per heavy atom. The first-order valence-electron chi connectivity index (χ1n) is 6.82. The van der Waals surface area contributed by atoms with Crippen molar-refractivity contribution in [1.29, 1.82) is 0 Å². The second kappa shape index (κ2) is 5.88. The number of nitrogens with zero attached hydrogens (tertiary/aromatic N) is 2. The normalized spacial score (nSPS) is 15.5. The van der Waals surface area contributed by atoms with Crippen LogP contribution < -0.4 is 10.0 Å². The van der Waals surface area contributed by atoms with Gasteiger partial charge in [-0.25, -0.2) is 13.1 Å². The van der Waals surface area contributed by atoms with Gasteiger partial charge in [-0.15, -0.1) is 11.3 Å². The SMILES string of the molecule is Cn1ccc(CNS(=O)(=O)c2cc(CNC3CC3)cs2)n1. The third-order valence-corrected chi connectivity index (χ3v) is 6.17. The molecule has 0 radical (unpaired) electrons. The van der Waals surface area contributed by atoms with E-state index in [1.165, 1.54) is 24.2 Å². The summed E-state index contributed by atoms with van der Waals surface area (Å²) in [5.74, 6) is 0. The average Bonchev–Trinajstić information content (AvgIpc) is 2.97. The number of sulfonamides is 1. The van der Waals surface area contributed by atoms with Gasteiger partial charge in [0.05, 0.1) is 12.2 Å². The molecule has 0 aliphatic heterocycles. The second-order valence-electron chi connectivity index (χ2n) is 5.23. The molecule has 1 aliphatic carbocycles. The smallest absolute Gasteiger partial charge is 0.250 e. The lowest BCUT2D eigenvalue weighted by molar-refractivity contribution is 0.581. The molecule has 0 unspecified atom stereocenters. The molecule has 114 valence electrons. The van der Waals surface area contributed by atoms with Crippen molar-refractivity contribution >= 4 is 21.4 Å². The maximum Gasteiger partial charge on any atom is 0.250 e. The Labute approximate surface area is 128 Å². The lowest BCUT2D eigenvalue weighted by Crippen LogP contribution is -2.22. The Morgan fingerprint density at radius 3 is 2.90 bits per heavy atom. The zero-order valence-corrected chi connectivity index (χ0v) is 13.4. The fourth-order valence-electron chi connectivity index (χ4n) is 1.93. The zero-order valence-electron chi connectivity index (χ0n) is 11.7. The summed E-state index contributed by atoms with van der Waals surface area (Å²) < 4.78 is 29.0. The highest BCUT2D eigenvalue weighted by Gasteiger charge is 2.21. The predicted molar refractivity (Wildman–Crippen MR) is 81.4 cm³/mol. The Balaban J connectivity index is 1.60. The number of hydrogen-bond donors (Lipinski definition) is 2. The van der Waals surface area contributed by atoms with Crippen LogP contribution in [0.1, 0.15) is 24.1 Å². The van der Waals surface area contributed by atoms with Gasteiger partial charge in [-0.1, -0.05) is 0 Å². The highest BCUT2D eigenvalue weighted by Crippen LogP contribution is 2.23. The number of aryl methyl sites for hydroxylation is 1. The van der Waals surface area contributed by atoms with Crippen LogP contribution >= 0.6 is 11.3 Å². The van der Waals surface area contributed by atoms with Crippen LogP contribution in [-0.2, 0) is 30.2 Å². The van der Waals surface area contributed by atoms with Crippen LogP contribution in [0.5, 0.6) is 0 Å². The molecule has 0 amide bonds. The topological polar surface area (TPSA) is 76.0 Å². The Morgan fingerprint density at radius 2 is 2.24 bits per heavy atom. The number of aromatic nitrogens is 2. The molecule has 0 atom stereocenters. The largest absolute Gasteiger partial charge is 0.310 e.